The van der Waals surface area contributed by atoms with E-state index in [4.69, 9.17) is 0 Å². The van der Waals surface area contributed by atoms with Crippen LogP contribution in [0.1, 0.15) is 13.8 Å². The normalized spacial score (nSPS) is 13.3. The van der Waals surface area contributed by atoms with Crippen LogP contribution in [0.3, 0.4) is 0 Å². The quantitative estimate of drug-likeness (QED) is 0.441. The Morgan fingerprint density at radius 1 is 1.57 bits per heavy atom. The van der Waals surface area contributed by atoms with Crippen molar-refractivity contribution in [2.75, 3.05) is 7.05 Å². The molecule has 7 heavy (non-hydrogen) atoms. The zero-order valence-electron chi connectivity index (χ0n) is 5.10. The molecule has 0 aromatic carbocycles. The smallest absolute Gasteiger partial charge is 0.0310 e. The number of nitrogens with zero attached hydrogens (tertiary/aromatic N) is 1. The lowest BCUT2D eigenvalue weighted by Crippen LogP contribution is -1.79. The van der Waals surface area contributed by atoms with Crippen LogP contribution >= 0.6 is 0 Å². The lowest BCUT2D eigenvalue weighted by Gasteiger charge is -1.80. The molecule has 0 rings (SSSR count). The summed E-state index contributed by atoms with van der Waals surface area (Å²) in [6.07, 6.45) is 3.95. The summed E-state index contributed by atoms with van der Waals surface area (Å²) in [5, 5.41) is 0. The van der Waals surface area contributed by atoms with Gasteiger partial charge in [-0.2, -0.15) is 0 Å². The third-order valence-electron chi connectivity index (χ3n) is 0.761. The molecule has 0 spiro atoms. The molecule has 0 heterocycles. The van der Waals surface area contributed by atoms with Gasteiger partial charge in [0, 0.05) is 12.8 Å². The molecular formula is C6H11N. The van der Waals surface area contributed by atoms with Crippen molar-refractivity contribution in [1.29, 1.82) is 0 Å². The van der Waals surface area contributed by atoms with Crippen molar-refractivity contribution in [3.05, 3.63) is 12.2 Å². The Kier molecular flexibility index (Phi) is 3.29. The van der Waals surface area contributed by atoms with Crippen molar-refractivity contribution in [2.45, 2.75) is 13.8 Å². The second-order valence-electron chi connectivity index (χ2n) is 1.36. The molecule has 0 radical (unpaired) electrons. The van der Waals surface area contributed by atoms with Crippen molar-refractivity contribution in [1.82, 2.24) is 0 Å². The third-order valence-corrected chi connectivity index (χ3v) is 0.761. The summed E-state index contributed by atoms with van der Waals surface area (Å²) >= 11 is 0. The monoisotopic (exact) mass is 97.1 g/mol. The van der Waals surface area contributed by atoms with Crippen molar-refractivity contribution >= 4 is 5.71 Å². The first-order valence-electron chi connectivity index (χ1n) is 2.37. The van der Waals surface area contributed by atoms with Gasteiger partial charge in [0.05, 0.1) is 0 Å². The van der Waals surface area contributed by atoms with Gasteiger partial charge in [0.2, 0.25) is 0 Å². The fraction of sp³-hybridized carbons (Fsp3) is 0.500. The van der Waals surface area contributed by atoms with Crippen LogP contribution in [-0.2, 0) is 0 Å². The van der Waals surface area contributed by atoms with Crippen LogP contribution < -0.4 is 0 Å². The highest BCUT2D eigenvalue weighted by molar-refractivity contribution is 5.92. The Labute approximate surface area is 44.8 Å². The molecule has 0 N–H and O–H groups in total. The molecule has 0 aliphatic rings. The molecular weight excluding hydrogens is 86.1 g/mol. The zero-order chi connectivity index (χ0) is 5.70. The van der Waals surface area contributed by atoms with Crippen LogP contribution in [0.2, 0.25) is 0 Å². The molecule has 0 atom stereocenters. The van der Waals surface area contributed by atoms with Crippen molar-refractivity contribution in [3.8, 4) is 0 Å². The Morgan fingerprint density at radius 3 is 2.29 bits per heavy atom. The van der Waals surface area contributed by atoms with Gasteiger partial charge < -0.3 is 0 Å². The van der Waals surface area contributed by atoms with E-state index in [9.17, 15) is 0 Å². The summed E-state index contributed by atoms with van der Waals surface area (Å²) in [6, 6.07) is 0. The van der Waals surface area contributed by atoms with Gasteiger partial charge in [0.1, 0.15) is 0 Å². The van der Waals surface area contributed by atoms with E-state index in [0.29, 0.717) is 0 Å². The lowest BCUT2D eigenvalue weighted by molar-refractivity contribution is 1.43. The molecule has 0 aliphatic heterocycles. The molecule has 0 saturated heterocycles. The summed E-state index contributed by atoms with van der Waals surface area (Å²) in [6.45, 7) is 3.95. The highest BCUT2D eigenvalue weighted by Crippen LogP contribution is 1.75. The maximum atomic E-state index is 3.91. The Morgan fingerprint density at radius 2 is 2.14 bits per heavy atom. The van der Waals surface area contributed by atoms with E-state index < -0.39 is 0 Å². The second kappa shape index (κ2) is 3.59. The number of hydrogen-bond donors (Lipinski definition) is 0. The average Bonchev–Trinajstić information content (AvgIpc) is 1.68. The van der Waals surface area contributed by atoms with Crippen LogP contribution in [0.5, 0.6) is 0 Å². The van der Waals surface area contributed by atoms with Crippen molar-refractivity contribution < 1.29 is 0 Å². The molecule has 0 unspecified atom stereocenters. The van der Waals surface area contributed by atoms with Crippen LogP contribution in [0.4, 0.5) is 0 Å². The fourth-order valence-corrected chi connectivity index (χ4v) is 0.316. The summed E-state index contributed by atoms with van der Waals surface area (Å²) in [4.78, 5) is 3.91. The zero-order valence-corrected chi connectivity index (χ0v) is 5.10. The van der Waals surface area contributed by atoms with E-state index in [0.717, 1.165) is 5.71 Å². The number of hydrogen-bond acceptors (Lipinski definition) is 1. The number of rotatable bonds is 1. The van der Waals surface area contributed by atoms with Gasteiger partial charge in [-0.25, -0.2) is 0 Å². The van der Waals surface area contributed by atoms with Gasteiger partial charge in [-0.15, -0.1) is 0 Å². The SMILES string of the molecule is CC=CC(C)=NC. The van der Waals surface area contributed by atoms with Gasteiger partial charge in [-0.1, -0.05) is 6.08 Å². The maximum Gasteiger partial charge on any atom is 0.0310 e. The molecule has 1 nitrogen and oxygen atoms in total. The van der Waals surface area contributed by atoms with Crippen LogP contribution in [0.15, 0.2) is 17.1 Å². The Hall–Kier alpha value is -0.590. The minimum absolute atomic E-state index is 1.07. The van der Waals surface area contributed by atoms with Gasteiger partial charge in [-0.05, 0) is 19.9 Å². The van der Waals surface area contributed by atoms with Crippen molar-refractivity contribution in [2.24, 2.45) is 4.99 Å². The number of allylic oxidation sites excluding steroid dienone is 2. The molecule has 1 heteroatoms. The number of aliphatic imine (C=N–C) groups is 1. The second-order valence-corrected chi connectivity index (χ2v) is 1.36. The van der Waals surface area contributed by atoms with E-state index in [2.05, 4.69) is 4.99 Å². The predicted octanol–water partition coefficient (Wildman–Crippen LogP) is 1.65. The summed E-state index contributed by atoms with van der Waals surface area (Å²) in [5.74, 6) is 0. The maximum absolute atomic E-state index is 3.91. The minimum atomic E-state index is 1.07. The highest BCUT2D eigenvalue weighted by atomic mass is 14.7. The van der Waals surface area contributed by atoms with Gasteiger partial charge in [-0.3, -0.25) is 4.99 Å². The molecule has 0 amide bonds. The molecule has 0 aliphatic carbocycles. The molecule has 0 fully saturated rings. The van der Waals surface area contributed by atoms with E-state index in [1.165, 1.54) is 0 Å². The summed E-state index contributed by atoms with van der Waals surface area (Å²) in [7, 11) is 1.79. The largest absolute Gasteiger partial charge is 0.293 e. The minimum Gasteiger partial charge on any atom is -0.293 e. The molecule has 0 aromatic heterocycles. The lowest BCUT2D eigenvalue weighted by atomic mass is 10.4. The van der Waals surface area contributed by atoms with Crippen LogP contribution in [0.25, 0.3) is 0 Å². The van der Waals surface area contributed by atoms with Crippen LogP contribution in [-0.4, -0.2) is 12.8 Å². The summed E-state index contributed by atoms with van der Waals surface area (Å²) < 4.78 is 0. The van der Waals surface area contributed by atoms with E-state index in [-0.39, 0.29) is 0 Å². The molecule has 0 bridgehead atoms. The predicted molar refractivity (Wildman–Crippen MR) is 33.8 cm³/mol. The first-order valence-corrected chi connectivity index (χ1v) is 2.37. The Bertz CT molecular complexity index is 90.4. The van der Waals surface area contributed by atoms with Crippen molar-refractivity contribution in [3.63, 3.8) is 0 Å². The summed E-state index contributed by atoms with van der Waals surface area (Å²) in [5.41, 5.74) is 1.07. The fourth-order valence-electron chi connectivity index (χ4n) is 0.316. The van der Waals surface area contributed by atoms with Gasteiger partial charge in [0.25, 0.3) is 0 Å². The van der Waals surface area contributed by atoms with Crippen LogP contribution in [0, 0.1) is 0 Å². The van der Waals surface area contributed by atoms with E-state index >= 15 is 0 Å². The van der Waals surface area contributed by atoms with Gasteiger partial charge in [0.15, 0.2) is 0 Å². The third kappa shape index (κ3) is 3.23. The first-order chi connectivity index (χ1) is 3.31. The van der Waals surface area contributed by atoms with Gasteiger partial charge >= 0.3 is 0 Å². The van der Waals surface area contributed by atoms with E-state index in [1.807, 2.05) is 26.0 Å². The highest BCUT2D eigenvalue weighted by Gasteiger charge is 1.71. The van der Waals surface area contributed by atoms with E-state index in [1.54, 1.807) is 7.05 Å². The first kappa shape index (κ1) is 6.41. The molecule has 0 saturated carbocycles. The standard InChI is InChI=1S/C6H11N/c1-4-5-6(2)7-3/h4-5H,1-3H3. The topological polar surface area (TPSA) is 12.4 Å². The molecule has 40 valence electrons. The molecule has 0 aromatic rings. The Balaban J connectivity index is 3.58. The average molecular weight is 97.2 g/mol.